The van der Waals surface area contributed by atoms with Crippen LogP contribution in [-0.4, -0.2) is 9.55 Å². The molecule has 0 aliphatic heterocycles. The third-order valence-electron chi connectivity index (χ3n) is 3.16. The summed E-state index contributed by atoms with van der Waals surface area (Å²) in [6, 6.07) is 12.0. The van der Waals surface area contributed by atoms with E-state index in [9.17, 15) is 0 Å². The van der Waals surface area contributed by atoms with E-state index in [4.69, 9.17) is 23.2 Å². The Kier molecular flexibility index (Phi) is 3.76. The van der Waals surface area contributed by atoms with Crippen LogP contribution in [0.1, 0.15) is 11.4 Å². The Morgan fingerprint density at radius 3 is 2.70 bits per heavy atom. The van der Waals surface area contributed by atoms with E-state index in [0.717, 1.165) is 27.0 Å². The van der Waals surface area contributed by atoms with Crippen molar-refractivity contribution in [2.45, 2.75) is 12.8 Å². The first-order valence-corrected chi connectivity index (χ1v) is 7.80. The highest BCUT2D eigenvalue weighted by Gasteiger charge is 2.12. The Labute approximate surface area is 135 Å². The summed E-state index contributed by atoms with van der Waals surface area (Å²) in [5, 5.41) is 0.664. The molecule has 5 heteroatoms. The molecule has 20 heavy (non-hydrogen) atoms. The predicted octanol–water partition coefficient (Wildman–Crippen LogP) is 5.49. The molecule has 0 bridgehead atoms. The minimum atomic E-state index is 0.349. The summed E-state index contributed by atoms with van der Waals surface area (Å²) in [6.07, 6.45) is 0. The minimum absolute atomic E-state index is 0.349. The number of hydrogen-bond acceptors (Lipinski definition) is 1. The smallest absolute Gasteiger partial charge is 0.129 e. The molecule has 2 nitrogen and oxygen atoms in total. The topological polar surface area (TPSA) is 17.8 Å². The Morgan fingerprint density at radius 1 is 1.20 bits per heavy atom. The number of rotatable bonds is 2. The van der Waals surface area contributed by atoms with Gasteiger partial charge < -0.3 is 0 Å². The summed E-state index contributed by atoms with van der Waals surface area (Å²) in [4.78, 5) is 4.60. The Balaban J connectivity index is 2.30. The first kappa shape index (κ1) is 13.9. The molecule has 0 aliphatic carbocycles. The minimum Gasteiger partial charge on any atom is -0.295 e. The van der Waals surface area contributed by atoms with Crippen molar-refractivity contribution in [3.8, 4) is 5.69 Å². The van der Waals surface area contributed by atoms with Crippen molar-refractivity contribution in [1.29, 1.82) is 0 Å². The summed E-state index contributed by atoms with van der Waals surface area (Å²) in [5.74, 6) is 1.16. The van der Waals surface area contributed by atoms with Gasteiger partial charge in [0, 0.05) is 10.2 Å². The average Bonchev–Trinajstić information content (AvgIpc) is 2.79. The maximum Gasteiger partial charge on any atom is 0.129 e. The summed E-state index contributed by atoms with van der Waals surface area (Å²) in [6.45, 7) is 2.05. The zero-order valence-corrected chi connectivity index (χ0v) is 13.8. The van der Waals surface area contributed by atoms with E-state index >= 15 is 0 Å². The monoisotopic (exact) mass is 368 g/mol. The number of fused-ring (bicyclic) bond motifs is 1. The maximum atomic E-state index is 6.19. The van der Waals surface area contributed by atoms with Gasteiger partial charge >= 0.3 is 0 Å². The van der Waals surface area contributed by atoms with Crippen molar-refractivity contribution in [1.82, 2.24) is 9.55 Å². The lowest BCUT2D eigenvalue weighted by Crippen LogP contribution is -1.99. The van der Waals surface area contributed by atoms with Crippen LogP contribution < -0.4 is 0 Å². The molecule has 102 valence electrons. The van der Waals surface area contributed by atoms with Gasteiger partial charge in [-0.05, 0) is 58.7 Å². The van der Waals surface area contributed by atoms with Crippen LogP contribution in [0.5, 0.6) is 0 Å². The van der Waals surface area contributed by atoms with Crippen molar-refractivity contribution in [2.24, 2.45) is 0 Å². The fourth-order valence-corrected chi connectivity index (χ4v) is 2.84. The molecule has 0 radical (unpaired) electrons. The van der Waals surface area contributed by atoms with Gasteiger partial charge in [-0.2, -0.15) is 0 Å². The summed E-state index contributed by atoms with van der Waals surface area (Å²) < 4.78 is 2.91. The molecule has 1 aromatic heterocycles. The highest BCUT2D eigenvalue weighted by Crippen LogP contribution is 2.29. The van der Waals surface area contributed by atoms with Gasteiger partial charge in [-0.25, -0.2) is 4.98 Å². The van der Waals surface area contributed by atoms with Crippen LogP contribution in [0.2, 0.25) is 5.02 Å². The predicted molar refractivity (Wildman–Crippen MR) is 88.1 cm³/mol. The van der Waals surface area contributed by atoms with Crippen molar-refractivity contribution in [3.05, 3.63) is 57.3 Å². The van der Waals surface area contributed by atoms with E-state index in [1.54, 1.807) is 0 Å². The molecular weight excluding hydrogens is 359 g/mol. The van der Waals surface area contributed by atoms with E-state index in [-0.39, 0.29) is 0 Å². The number of hydrogen-bond donors (Lipinski definition) is 0. The third-order valence-corrected chi connectivity index (χ3v) is 4.63. The van der Waals surface area contributed by atoms with E-state index in [2.05, 4.69) is 46.0 Å². The molecule has 0 aliphatic rings. The van der Waals surface area contributed by atoms with Gasteiger partial charge in [-0.15, -0.1) is 11.6 Å². The number of aryl methyl sites for hydroxylation is 1. The van der Waals surface area contributed by atoms with Crippen molar-refractivity contribution >= 4 is 50.2 Å². The number of nitrogens with zero attached hydrogens (tertiary/aromatic N) is 2. The lowest BCUT2D eigenvalue weighted by molar-refractivity contribution is 0.981. The van der Waals surface area contributed by atoms with Gasteiger partial charge in [0.1, 0.15) is 5.82 Å². The molecular formula is C15H11BrCl2N2. The van der Waals surface area contributed by atoms with Gasteiger partial charge in [-0.1, -0.05) is 17.7 Å². The SMILES string of the molecule is Cc1ccc2c(c1)nc(CCl)n2-c1ccc(Br)c(Cl)c1. The Bertz CT molecular complexity index is 796. The normalized spacial score (nSPS) is 11.2. The number of alkyl halides is 1. The second-order valence-electron chi connectivity index (χ2n) is 4.59. The zero-order valence-electron chi connectivity index (χ0n) is 10.7. The molecule has 0 saturated heterocycles. The van der Waals surface area contributed by atoms with Gasteiger partial charge in [0.05, 0.1) is 21.9 Å². The number of halogens is 3. The van der Waals surface area contributed by atoms with Crippen molar-refractivity contribution < 1.29 is 0 Å². The summed E-state index contributed by atoms with van der Waals surface area (Å²) in [5.41, 5.74) is 4.11. The quantitative estimate of drug-likeness (QED) is 0.546. The largest absolute Gasteiger partial charge is 0.295 e. The van der Waals surface area contributed by atoms with E-state index in [0.29, 0.717) is 10.9 Å². The van der Waals surface area contributed by atoms with Crippen LogP contribution in [0.3, 0.4) is 0 Å². The molecule has 0 atom stereocenters. The molecule has 3 aromatic rings. The van der Waals surface area contributed by atoms with E-state index in [1.165, 1.54) is 5.56 Å². The van der Waals surface area contributed by atoms with E-state index < -0.39 is 0 Å². The fourth-order valence-electron chi connectivity index (χ4n) is 2.24. The first-order valence-electron chi connectivity index (χ1n) is 6.09. The second-order valence-corrected chi connectivity index (χ2v) is 6.12. The highest BCUT2D eigenvalue weighted by atomic mass is 79.9. The molecule has 1 heterocycles. The summed E-state index contributed by atoms with van der Waals surface area (Å²) in [7, 11) is 0. The van der Waals surface area contributed by atoms with Gasteiger partial charge in [0.2, 0.25) is 0 Å². The maximum absolute atomic E-state index is 6.19. The van der Waals surface area contributed by atoms with Crippen LogP contribution >= 0.6 is 39.1 Å². The molecule has 0 saturated carbocycles. The lowest BCUT2D eigenvalue weighted by atomic mass is 10.2. The molecule has 3 rings (SSSR count). The standard InChI is InChI=1S/C15H11BrCl2N2/c1-9-2-5-14-13(6-9)19-15(8-17)20(14)10-3-4-11(16)12(18)7-10/h2-7H,8H2,1H3. The van der Waals surface area contributed by atoms with Crippen LogP contribution in [0.4, 0.5) is 0 Å². The van der Waals surface area contributed by atoms with Crippen LogP contribution in [-0.2, 0) is 5.88 Å². The lowest BCUT2D eigenvalue weighted by Gasteiger charge is -2.09. The van der Waals surface area contributed by atoms with Crippen LogP contribution in [0.25, 0.3) is 16.7 Å². The van der Waals surface area contributed by atoms with Crippen molar-refractivity contribution in [2.75, 3.05) is 0 Å². The Hall–Kier alpha value is -1.03. The van der Waals surface area contributed by atoms with Crippen LogP contribution in [0, 0.1) is 6.92 Å². The molecule has 0 fully saturated rings. The molecule has 0 amide bonds. The zero-order chi connectivity index (χ0) is 14.3. The van der Waals surface area contributed by atoms with Gasteiger partial charge in [-0.3, -0.25) is 4.57 Å². The van der Waals surface area contributed by atoms with Crippen LogP contribution in [0.15, 0.2) is 40.9 Å². The number of aromatic nitrogens is 2. The van der Waals surface area contributed by atoms with Gasteiger partial charge in [0.25, 0.3) is 0 Å². The number of imidazole rings is 1. The summed E-state index contributed by atoms with van der Waals surface area (Å²) >= 11 is 15.6. The third kappa shape index (κ3) is 2.34. The fraction of sp³-hybridized carbons (Fsp3) is 0.133. The molecule has 0 spiro atoms. The van der Waals surface area contributed by atoms with Gasteiger partial charge in [0.15, 0.2) is 0 Å². The van der Waals surface area contributed by atoms with E-state index in [1.807, 2.05) is 22.8 Å². The molecule has 0 unspecified atom stereocenters. The molecule has 0 N–H and O–H groups in total. The van der Waals surface area contributed by atoms with Crippen molar-refractivity contribution in [3.63, 3.8) is 0 Å². The first-order chi connectivity index (χ1) is 9.60. The highest BCUT2D eigenvalue weighted by molar-refractivity contribution is 9.10. The Morgan fingerprint density at radius 2 is 2.00 bits per heavy atom. The molecule has 2 aromatic carbocycles. The average molecular weight is 370 g/mol. The number of benzene rings is 2. The second kappa shape index (κ2) is 5.40.